The molecule has 1 saturated heterocycles. The Hall–Kier alpha value is -2.38. The van der Waals surface area contributed by atoms with E-state index in [9.17, 15) is 14.4 Å². The highest BCUT2D eigenvalue weighted by Crippen LogP contribution is 2.32. The number of nitrogens with zero attached hydrogens (tertiary/aromatic N) is 1. The van der Waals surface area contributed by atoms with E-state index in [4.69, 9.17) is 0 Å². The number of amides is 3. The largest absolute Gasteiger partial charge is 0.325 e. The standard InChI is InChI=1S/C19H15BrN2O3S/c1-12-3-2-4-15(9-12)21-17(23)11-22-18(24)16(26-19(22)25)10-13-5-7-14(20)8-6-13/h2-10H,11H2,1H3,(H,21,23)/b16-10-. The molecule has 0 spiro atoms. The van der Waals surface area contributed by atoms with Crippen LogP contribution in [0.1, 0.15) is 11.1 Å². The second-order valence-corrected chi connectivity index (χ2v) is 7.65. The molecule has 5 nitrogen and oxygen atoms in total. The number of imide groups is 1. The number of thioether (sulfide) groups is 1. The molecule has 1 N–H and O–H groups in total. The highest BCUT2D eigenvalue weighted by molar-refractivity contribution is 9.10. The molecule has 0 radical (unpaired) electrons. The van der Waals surface area contributed by atoms with Crippen molar-refractivity contribution in [2.75, 3.05) is 11.9 Å². The van der Waals surface area contributed by atoms with Gasteiger partial charge in [0.2, 0.25) is 5.91 Å². The van der Waals surface area contributed by atoms with Gasteiger partial charge in [0.25, 0.3) is 11.1 Å². The molecular formula is C19H15BrN2O3S. The summed E-state index contributed by atoms with van der Waals surface area (Å²) >= 11 is 4.19. The van der Waals surface area contributed by atoms with Gasteiger partial charge in [-0.3, -0.25) is 19.3 Å². The highest BCUT2D eigenvalue weighted by Gasteiger charge is 2.36. The lowest BCUT2D eigenvalue weighted by atomic mass is 10.2. The van der Waals surface area contributed by atoms with Gasteiger partial charge in [0, 0.05) is 10.2 Å². The number of hydrogen-bond acceptors (Lipinski definition) is 4. The molecule has 1 fully saturated rings. The Kier molecular flexibility index (Phi) is 5.58. The quantitative estimate of drug-likeness (QED) is 0.728. The van der Waals surface area contributed by atoms with E-state index in [1.165, 1.54) is 0 Å². The summed E-state index contributed by atoms with van der Waals surface area (Å²) in [4.78, 5) is 38.0. The Morgan fingerprint density at radius 2 is 1.92 bits per heavy atom. The van der Waals surface area contributed by atoms with Gasteiger partial charge >= 0.3 is 0 Å². The molecule has 132 valence electrons. The van der Waals surface area contributed by atoms with Crippen molar-refractivity contribution < 1.29 is 14.4 Å². The second kappa shape index (κ2) is 7.88. The molecule has 7 heteroatoms. The SMILES string of the molecule is Cc1cccc(NC(=O)CN2C(=O)S/C(=C\c3ccc(Br)cc3)C2=O)c1. The first-order chi connectivity index (χ1) is 12.4. The minimum atomic E-state index is -0.456. The number of hydrogen-bond donors (Lipinski definition) is 1. The number of aryl methyl sites for hydroxylation is 1. The van der Waals surface area contributed by atoms with E-state index < -0.39 is 17.1 Å². The topological polar surface area (TPSA) is 66.5 Å². The van der Waals surface area contributed by atoms with Crippen LogP contribution in [0.4, 0.5) is 10.5 Å². The van der Waals surface area contributed by atoms with Crippen LogP contribution in [0.2, 0.25) is 0 Å². The van der Waals surface area contributed by atoms with Crippen molar-refractivity contribution in [1.29, 1.82) is 0 Å². The van der Waals surface area contributed by atoms with Crippen LogP contribution in [-0.2, 0) is 9.59 Å². The Morgan fingerprint density at radius 1 is 1.19 bits per heavy atom. The van der Waals surface area contributed by atoms with Crippen LogP contribution in [0.25, 0.3) is 6.08 Å². The van der Waals surface area contributed by atoms with Crippen molar-refractivity contribution in [3.05, 3.63) is 69.0 Å². The molecule has 1 aliphatic heterocycles. The average Bonchev–Trinajstić information content (AvgIpc) is 2.84. The van der Waals surface area contributed by atoms with E-state index in [0.29, 0.717) is 10.6 Å². The molecular weight excluding hydrogens is 416 g/mol. The van der Waals surface area contributed by atoms with Crippen LogP contribution >= 0.6 is 27.7 Å². The van der Waals surface area contributed by atoms with E-state index >= 15 is 0 Å². The van der Waals surface area contributed by atoms with Gasteiger partial charge in [0.05, 0.1) is 4.91 Å². The van der Waals surface area contributed by atoms with Crippen LogP contribution in [0.3, 0.4) is 0 Å². The zero-order valence-electron chi connectivity index (χ0n) is 13.9. The summed E-state index contributed by atoms with van der Waals surface area (Å²) in [6.45, 7) is 1.61. The van der Waals surface area contributed by atoms with Crippen molar-refractivity contribution in [3.63, 3.8) is 0 Å². The van der Waals surface area contributed by atoms with Gasteiger partial charge < -0.3 is 5.32 Å². The first-order valence-electron chi connectivity index (χ1n) is 7.80. The Labute approximate surface area is 163 Å². The van der Waals surface area contributed by atoms with Gasteiger partial charge in [-0.2, -0.15) is 0 Å². The lowest BCUT2D eigenvalue weighted by Crippen LogP contribution is -2.36. The number of benzene rings is 2. The van der Waals surface area contributed by atoms with Crippen LogP contribution in [0, 0.1) is 6.92 Å². The molecule has 3 amide bonds. The van der Waals surface area contributed by atoms with Gasteiger partial charge in [-0.1, -0.05) is 40.2 Å². The van der Waals surface area contributed by atoms with Crippen molar-refractivity contribution in [1.82, 2.24) is 4.90 Å². The fourth-order valence-corrected chi connectivity index (χ4v) is 3.52. The number of carbonyl (C=O) groups is 3. The molecule has 0 aromatic heterocycles. The van der Waals surface area contributed by atoms with E-state index in [1.54, 1.807) is 12.1 Å². The third-order valence-electron chi connectivity index (χ3n) is 3.64. The van der Waals surface area contributed by atoms with Gasteiger partial charge in [-0.15, -0.1) is 0 Å². The minimum absolute atomic E-state index is 0.306. The molecule has 0 aliphatic carbocycles. The predicted octanol–water partition coefficient (Wildman–Crippen LogP) is 4.43. The maximum atomic E-state index is 12.5. The molecule has 0 saturated carbocycles. The third kappa shape index (κ3) is 4.42. The number of rotatable bonds is 4. The van der Waals surface area contributed by atoms with Crippen molar-refractivity contribution in [2.45, 2.75) is 6.92 Å². The van der Waals surface area contributed by atoms with Crippen LogP contribution in [0.5, 0.6) is 0 Å². The van der Waals surface area contributed by atoms with Gasteiger partial charge in [-0.05, 0) is 60.2 Å². The summed E-state index contributed by atoms with van der Waals surface area (Å²) < 4.78 is 0.926. The third-order valence-corrected chi connectivity index (χ3v) is 5.08. The van der Waals surface area contributed by atoms with Crippen molar-refractivity contribution >= 4 is 56.5 Å². The molecule has 2 aromatic rings. The minimum Gasteiger partial charge on any atom is -0.325 e. The van der Waals surface area contributed by atoms with Crippen molar-refractivity contribution in [2.24, 2.45) is 0 Å². The van der Waals surface area contributed by atoms with E-state index in [-0.39, 0.29) is 6.54 Å². The van der Waals surface area contributed by atoms with E-state index in [0.717, 1.165) is 32.3 Å². The van der Waals surface area contributed by atoms with Crippen LogP contribution in [-0.4, -0.2) is 28.5 Å². The summed E-state index contributed by atoms with van der Waals surface area (Å²) in [5.74, 6) is -0.870. The fraction of sp³-hybridized carbons (Fsp3) is 0.105. The number of nitrogens with one attached hydrogen (secondary N) is 1. The van der Waals surface area contributed by atoms with E-state index in [2.05, 4.69) is 21.2 Å². The second-order valence-electron chi connectivity index (χ2n) is 5.74. The first kappa shape index (κ1) is 18.4. The zero-order valence-corrected chi connectivity index (χ0v) is 16.3. The molecule has 0 bridgehead atoms. The normalized spacial score (nSPS) is 15.6. The summed E-state index contributed by atoms with van der Waals surface area (Å²) in [7, 11) is 0. The molecule has 3 rings (SSSR count). The maximum Gasteiger partial charge on any atom is 0.294 e. The molecule has 2 aromatic carbocycles. The van der Waals surface area contributed by atoms with E-state index in [1.807, 2.05) is 49.4 Å². The van der Waals surface area contributed by atoms with Gasteiger partial charge in [0.1, 0.15) is 6.54 Å². The highest BCUT2D eigenvalue weighted by atomic mass is 79.9. The number of halogens is 1. The summed E-state index contributed by atoms with van der Waals surface area (Å²) in [5, 5.41) is 2.26. The summed E-state index contributed by atoms with van der Waals surface area (Å²) in [6.07, 6.45) is 1.65. The molecule has 1 heterocycles. The molecule has 0 atom stereocenters. The lowest BCUT2D eigenvalue weighted by molar-refractivity contribution is -0.127. The van der Waals surface area contributed by atoms with Gasteiger partial charge in [0.15, 0.2) is 0 Å². The number of carbonyl (C=O) groups excluding carboxylic acids is 3. The molecule has 0 unspecified atom stereocenters. The molecule has 26 heavy (non-hydrogen) atoms. The average molecular weight is 431 g/mol. The lowest BCUT2D eigenvalue weighted by Gasteiger charge is -2.12. The monoisotopic (exact) mass is 430 g/mol. The number of anilines is 1. The van der Waals surface area contributed by atoms with Crippen molar-refractivity contribution in [3.8, 4) is 0 Å². The van der Waals surface area contributed by atoms with Crippen LogP contribution in [0.15, 0.2) is 57.9 Å². The van der Waals surface area contributed by atoms with Crippen LogP contribution < -0.4 is 5.32 Å². The first-order valence-corrected chi connectivity index (χ1v) is 9.41. The maximum absolute atomic E-state index is 12.5. The summed E-state index contributed by atoms with van der Waals surface area (Å²) in [6, 6.07) is 14.7. The zero-order chi connectivity index (χ0) is 18.7. The Bertz CT molecular complexity index is 909. The molecule has 1 aliphatic rings. The fourth-order valence-electron chi connectivity index (χ4n) is 2.41. The predicted molar refractivity (Wildman–Crippen MR) is 107 cm³/mol. The smallest absolute Gasteiger partial charge is 0.294 e. The Morgan fingerprint density at radius 3 is 2.62 bits per heavy atom. The van der Waals surface area contributed by atoms with Gasteiger partial charge in [-0.25, -0.2) is 0 Å². The summed E-state index contributed by atoms with van der Waals surface area (Å²) in [5.41, 5.74) is 2.45. The Balaban J connectivity index is 1.69.